The number of carbonyl (C=O) groups excluding carboxylic acids is 1. The van der Waals surface area contributed by atoms with Crippen molar-refractivity contribution >= 4 is 21.8 Å². The molecule has 1 N–H and O–H groups in total. The summed E-state index contributed by atoms with van der Waals surface area (Å²) in [5.74, 6) is 0.396. The van der Waals surface area contributed by atoms with Crippen LogP contribution in [0.4, 0.5) is 0 Å². The van der Waals surface area contributed by atoms with Crippen molar-refractivity contribution in [1.82, 2.24) is 5.32 Å². The quantitative estimate of drug-likeness (QED) is 0.805. The standard InChI is InChI=1S/C17H16BrNO2/c1-2-11-19-17(20)14-8-4-6-10-16(14)21-12-13-7-3-5-9-15(13)18/h2-10H,1,11-12H2,(H,19,20). The van der Waals surface area contributed by atoms with Crippen molar-refractivity contribution in [1.29, 1.82) is 0 Å². The van der Waals surface area contributed by atoms with Crippen molar-refractivity contribution < 1.29 is 9.53 Å². The van der Waals surface area contributed by atoms with Gasteiger partial charge in [-0.2, -0.15) is 0 Å². The fraction of sp³-hybridized carbons (Fsp3) is 0.118. The first-order valence-electron chi connectivity index (χ1n) is 6.56. The van der Waals surface area contributed by atoms with Crippen molar-refractivity contribution in [2.45, 2.75) is 6.61 Å². The summed E-state index contributed by atoms with van der Waals surface area (Å²) in [4.78, 5) is 12.1. The lowest BCUT2D eigenvalue weighted by Crippen LogP contribution is -2.23. The van der Waals surface area contributed by atoms with Gasteiger partial charge in [0.05, 0.1) is 5.56 Å². The molecule has 0 saturated carbocycles. The van der Waals surface area contributed by atoms with E-state index in [1.807, 2.05) is 36.4 Å². The van der Waals surface area contributed by atoms with E-state index in [4.69, 9.17) is 4.74 Å². The third-order valence-corrected chi connectivity index (χ3v) is 3.65. The zero-order valence-electron chi connectivity index (χ0n) is 11.5. The fourth-order valence-corrected chi connectivity index (χ4v) is 2.21. The molecule has 0 atom stereocenters. The minimum absolute atomic E-state index is 0.169. The highest BCUT2D eigenvalue weighted by molar-refractivity contribution is 9.10. The van der Waals surface area contributed by atoms with Crippen LogP contribution >= 0.6 is 15.9 Å². The van der Waals surface area contributed by atoms with Crippen LogP contribution in [-0.4, -0.2) is 12.5 Å². The minimum atomic E-state index is -0.169. The number of hydrogen-bond acceptors (Lipinski definition) is 2. The Morgan fingerprint density at radius 2 is 1.90 bits per heavy atom. The molecule has 1 amide bonds. The summed E-state index contributed by atoms with van der Waals surface area (Å²) in [6.45, 7) is 4.41. The van der Waals surface area contributed by atoms with Crippen LogP contribution < -0.4 is 10.1 Å². The lowest BCUT2D eigenvalue weighted by Gasteiger charge is -2.12. The smallest absolute Gasteiger partial charge is 0.255 e. The lowest BCUT2D eigenvalue weighted by atomic mass is 10.2. The van der Waals surface area contributed by atoms with Gasteiger partial charge in [-0.3, -0.25) is 4.79 Å². The molecule has 0 fully saturated rings. The molecule has 108 valence electrons. The molecule has 0 radical (unpaired) electrons. The van der Waals surface area contributed by atoms with Crippen molar-refractivity contribution in [3.63, 3.8) is 0 Å². The Kier molecular flexibility index (Phi) is 5.58. The molecule has 0 unspecified atom stereocenters. The van der Waals surface area contributed by atoms with Gasteiger partial charge in [-0.05, 0) is 18.2 Å². The van der Waals surface area contributed by atoms with Crippen LogP contribution in [0.2, 0.25) is 0 Å². The molecule has 0 aliphatic rings. The van der Waals surface area contributed by atoms with Gasteiger partial charge in [0.2, 0.25) is 0 Å². The number of carbonyl (C=O) groups is 1. The molecule has 0 aliphatic heterocycles. The summed E-state index contributed by atoms with van der Waals surface area (Å²) < 4.78 is 6.77. The third-order valence-electron chi connectivity index (χ3n) is 2.88. The summed E-state index contributed by atoms with van der Waals surface area (Å²) in [7, 11) is 0. The molecular weight excluding hydrogens is 330 g/mol. The van der Waals surface area contributed by atoms with E-state index in [9.17, 15) is 4.79 Å². The van der Waals surface area contributed by atoms with Gasteiger partial charge in [-0.1, -0.05) is 52.3 Å². The average Bonchev–Trinajstić information content (AvgIpc) is 2.52. The summed E-state index contributed by atoms with van der Waals surface area (Å²) in [5.41, 5.74) is 1.55. The van der Waals surface area contributed by atoms with Gasteiger partial charge in [-0.15, -0.1) is 6.58 Å². The molecule has 3 nitrogen and oxygen atoms in total. The highest BCUT2D eigenvalue weighted by atomic mass is 79.9. The number of hydrogen-bond donors (Lipinski definition) is 1. The van der Waals surface area contributed by atoms with Gasteiger partial charge >= 0.3 is 0 Å². The van der Waals surface area contributed by atoms with Crippen LogP contribution in [0.25, 0.3) is 0 Å². The highest BCUT2D eigenvalue weighted by Gasteiger charge is 2.11. The lowest BCUT2D eigenvalue weighted by molar-refractivity contribution is 0.0953. The van der Waals surface area contributed by atoms with E-state index in [-0.39, 0.29) is 5.91 Å². The SMILES string of the molecule is C=CCNC(=O)c1ccccc1OCc1ccccc1Br. The number of para-hydroxylation sites is 1. The van der Waals surface area contributed by atoms with Gasteiger partial charge in [0.1, 0.15) is 12.4 Å². The first kappa shape index (κ1) is 15.3. The molecule has 0 heterocycles. The van der Waals surface area contributed by atoms with Crippen LogP contribution in [0.15, 0.2) is 65.7 Å². The number of amides is 1. The molecule has 21 heavy (non-hydrogen) atoms. The van der Waals surface area contributed by atoms with E-state index < -0.39 is 0 Å². The van der Waals surface area contributed by atoms with Gasteiger partial charge in [-0.25, -0.2) is 0 Å². The fourth-order valence-electron chi connectivity index (χ4n) is 1.81. The predicted molar refractivity (Wildman–Crippen MR) is 87.4 cm³/mol. The second-order valence-electron chi connectivity index (χ2n) is 4.37. The monoisotopic (exact) mass is 345 g/mol. The minimum Gasteiger partial charge on any atom is -0.488 e. The Balaban J connectivity index is 2.11. The largest absolute Gasteiger partial charge is 0.488 e. The number of rotatable bonds is 6. The second-order valence-corrected chi connectivity index (χ2v) is 5.23. The summed E-state index contributed by atoms with van der Waals surface area (Å²) in [5, 5.41) is 2.75. The van der Waals surface area contributed by atoms with Gasteiger partial charge in [0, 0.05) is 16.6 Å². The number of ether oxygens (including phenoxy) is 1. The van der Waals surface area contributed by atoms with E-state index in [1.165, 1.54) is 0 Å². The Labute approximate surface area is 132 Å². The normalized spacial score (nSPS) is 9.95. The highest BCUT2D eigenvalue weighted by Crippen LogP contribution is 2.22. The maximum absolute atomic E-state index is 12.1. The van der Waals surface area contributed by atoms with E-state index in [1.54, 1.807) is 18.2 Å². The van der Waals surface area contributed by atoms with Gasteiger partial charge in [0.15, 0.2) is 0 Å². The Bertz CT molecular complexity index is 640. The first-order valence-corrected chi connectivity index (χ1v) is 7.36. The van der Waals surface area contributed by atoms with Crippen molar-refractivity contribution in [3.8, 4) is 5.75 Å². The molecule has 2 aromatic carbocycles. The summed E-state index contributed by atoms with van der Waals surface area (Å²) in [6, 6.07) is 15.0. The van der Waals surface area contributed by atoms with Crippen LogP contribution in [0.1, 0.15) is 15.9 Å². The Morgan fingerprint density at radius 3 is 2.67 bits per heavy atom. The number of halogens is 1. The molecule has 0 bridgehead atoms. The van der Waals surface area contributed by atoms with Crippen molar-refractivity contribution in [2.24, 2.45) is 0 Å². The maximum Gasteiger partial charge on any atom is 0.255 e. The molecule has 0 saturated heterocycles. The van der Waals surface area contributed by atoms with Crippen molar-refractivity contribution in [2.75, 3.05) is 6.54 Å². The molecule has 4 heteroatoms. The molecule has 2 rings (SSSR count). The topological polar surface area (TPSA) is 38.3 Å². The maximum atomic E-state index is 12.1. The number of nitrogens with one attached hydrogen (secondary N) is 1. The molecule has 0 aromatic heterocycles. The summed E-state index contributed by atoms with van der Waals surface area (Å²) >= 11 is 3.48. The predicted octanol–water partition coefficient (Wildman–Crippen LogP) is 3.94. The third kappa shape index (κ3) is 4.20. The first-order chi connectivity index (χ1) is 10.2. The zero-order chi connectivity index (χ0) is 15.1. The van der Waals surface area contributed by atoms with Crippen LogP contribution in [-0.2, 0) is 6.61 Å². The summed E-state index contributed by atoms with van der Waals surface area (Å²) in [6.07, 6.45) is 1.64. The average molecular weight is 346 g/mol. The number of benzene rings is 2. The van der Waals surface area contributed by atoms with Crippen LogP contribution in [0.3, 0.4) is 0 Å². The van der Waals surface area contributed by atoms with Gasteiger partial charge in [0.25, 0.3) is 5.91 Å². The van der Waals surface area contributed by atoms with Gasteiger partial charge < -0.3 is 10.1 Å². The molecule has 2 aromatic rings. The second kappa shape index (κ2) is 7.64. The van der Waals surface area contributed by atoms with E-state index in [0.717, 1.165) is 10.0 Å². The molecule has 0 aliphatic carbocycles. The van der Waals surface area contributed by atoms with E-state index in [2.05, 4.69) is 27.8 Å². The van der Waals surface area contributed by atoms with E-state index >= 15 is 0 Å². The van der Waals surface area contributed by atoms with Crippen molar-refractivity contribution in [3.05, 3.63) is 76.8 Å². The zero-order valence-corrected chi connectivity index (χ0v) is 13.1. The Hall–Kier alpha value is -2.07. The molecule has 0 spiro atoms. The Morgan fingerprint density at radius 1 is 1.19 bits per heavy atom. The molecular formula is C17H16BrNO2. The van der Waals surface area contributed by atoms with Crippen LogP contribution in [0.5, 0.6) is 5.75 Å². The van der Waals surface area contributed by atoms with E-state index in [0.29, 0.717) is 24.5 Å². The van der Waals surface area contributed by atoms with Crippen LogP contribution in [0, 0.1) is 0 Å².